The molecule has 1 aliphatic carbocycles. The lowest BCUT2D eigenvalue weighted by Crippen LogP contribution is -2.16. The number of allylic oxidation sites excluding steroid dienone is 2. The number of aliphatic hydroxyl groups is 1. The molecule has 0 spiro atoms. The van der Waals surface area contributed by atoms with E-state index in [0.717, 1.165) is 5.57 Å². The van der Waals surface area contributed by atoms with Gasteiger partial charge in [-0.05, 0) is 80.5 Å². The second-order valence-electron chi connectivity index (χ2n) is 9.00. The Labute approximate surface area is 212 Å². The topological polar surface area (TPSA) is 38.7 Å². The van der Waals surface area contributed by atoms with Crippen molar-refractivity contribution in [1.82, 2.24) is 0 Å². The Hall–Kier alpha value is -3.39. The molecule has 1 aliphatic rings. The molecule has 8 heteroatoms. The van der Waals surface area contributed by atoms with E-state index in [2.05, 4.69) is 0 Å². The van der Waals surface area contributed by atoms with Gasteiger partial charge in [0.1, 0.15) is 5.82 Å². The van der Waals surface area contributed by atoms with Crippen LogP contribution >= 0.6 is 0 Å². The Morgan fingerprint density at radius 2 is 1.54 bits per heavy atom. The predicted molar refractivity (Wildman–Crippen MR) is 131 cm³/mol. The molecule has 0 aliphatic heterocycles. The summed E-state index contributed by atoms with van der Waals surface area (Å²) in [5, 5.41) is 9.50. The number of aliphatic hydroxyl groups excluding tert-OH is 1. The van der Waals surface area contributed by atoms with Crippen molar-refractivity contribution >= 4 is 5.57 Å². The van der Waals surface area contributed by atoms with E-state index in [1.807, 2.05) is 6.08 Å². The van der Waals surface area contributed by atoms with Crippen LogP contribution in [0.5, 0.6) is 11.5 Å². The molecule has 0 fully saturated rings. The van der Waals surface area contributed by atoms with E-state index >= 15 is 0 Å². The zero-order valence-corrected chi connectivity index (χ0v) is 20.5. The maximum atomic E-state index is 15.0. The molecular formula is C29H27F5O3. The minimum absolute atomic E-state index is 0.0194. The van der Waals surface area contributed by atoms with Gasteiger partial charge in [0.2, 0.25) is 11.6 Å². The van der Waals surface area contributed by atoms with Crippen molar-refractivity contribution < 1.29 is 36.5 Å². The zero-order valence-electron chi connectivity index (χ0n) is 20.5. The van der Waals surface area contributed by atoms with Crippen molar-refractivity contribution in [1.29, 1.82) is 0 Å². The lowest BCUT2D eigenvalue weighted by Gasteiger charge is -2.23. The van der Waals surface area contributed by atoms with Gasteiger partial charge in [0.05, 0.1) is 19.3 Å². The number of ether oxygens (including phenoxy) is 2. The third-order valence-electron chi connectivity index (χ3n) is 6.49. The van der Waals surface area contributed by atoms with Crippen molar-refractivity contribution in [2.75, 3.05) is 13.2 Å². The number of rotatable bonds is 8. The van der Waals surface area contributed by atoms with Crippen LogP contribution < -0.4 is 9.47 Å². The minimum Gasteiger partial charge on any atom is -0.491 e. The molecule has 2 unspecified atom stereocenters. The van der Waals surface area contributed by atoms with Crippen LogP contribution in [0.2, 0.25) is 0 Å². The van der Waals surface area contributed by atoms with Crippen LogP contribution in [0, 0.1) is 35.0 Å². The summed E-state index contributed by atoms with van der Waals surface area (Å²) in [7, 11) is 0. The molecule has 0 bridgehead atoms. The standard InChI is InChI=1S/C29H27F5O3/c1-3-36-24-13-11-22(27(32)28(24)33)19-8-9-21(23(30)14-19)18-6-4-17(5-7-18)15-37-25-12-10-20(16(2)35)26(31)29(25)34/h6,8-14,16-17,35H,3-5,7,15H2,1-2H3. The third-order valence-corrected chi connectivity index (χ3v) is 6.49. The van der Waals surface area contributed by atoms with Crippen LogP contribution in [0.3, 0.4) is 0 Å². The first-order valence-corrected chi connectivity index (χ1v) is 12.1. The smallest absolute Gasteiger partial charge is 0.201 e. The van der Waals surface area contributed by atoms with Gasteiger partial charge < -0.3 is 14.6 Å². The summed E-state index contributed by atoms with van der Waals surface area (Å²) in [6, 6.07) is 9.52. The lowest BCUT2D eigenvalue weighted by molar-refractivity contribution is 0.190. The average Bonchev–Trinajstić information content (AvgIpc) is 2.88. The van der Waals surface area contributed by atoms with Crippen molar-refractivity contribution in [2.24, 2.45) is 5.92 Å². The molecule has 3 aromatic carbocycles. The van der Waals surface area contributed by atoms with E-state index in [-0.39, 0.29) is 47.3 Å². The first kappa shape index (κ1) is 26.7. The number of halogens is 5. The molecule has 0 saturated heterocycles. The number of hydrogen-bond acceptors (Lipinski definition) is 3. The van der Waals surface area contributed by atoms with Crippen molar-refractivity contribution in [3.63, 3.8) is 0 Å². The Bertz CT molecular complexity index is 1320. The van der Waals surface area contributed by atoms with Gasteiger partial charge in [0, 0.05) is 16.7 Å². The van der Waals surface area contributed by atoms with Crippen molar-refractivity contribution in [2.45, 2.75) is 39.2 Å². The summed E-state index contributed by atoms with van der Waals surface area (Å²) < 4.78 is 82.6. The maximum absolute atomic E-state index is 15.0. The number of benzene rings is 3. The van der Waals surface area contributed by atoms with E-state index in [9.17, 15) is 27.1 Å². The van der Waals surface area contributed by atoms with Crippen molar-refractivity contribution in [3.05, 3.63) is 88.8 Å². The fraction of sp³-hybridized carbons (Fsp3) is 0.310. The molecule has 196 valence electrons. The largest absolute Gasteiger partial charge is 0.491 e. The second-order valence-corrected chi connectivity index (χ2v) is 9.00. The highest BCUT2D eigenvalue weighted by Gasteiger charge is 2.22. The predicted octanol–water partition coefficient (Wildman–Crippen LogP) is 7.76. The maximum Gasteiger partial charge on any atom is 0.201 e. The third kappa shape index (κ3) is 5.64. The molecule has 0 heterocycles. The van der Waals surface area contributed by atoms with Gasteiger partial charge in [-0.3, -0.25) is 0 Å². The molecule has 0 aromatic heterocycles. The summed E-state index contributed by atoms with van der Waals surface area (Å²) in [5.41, 5.74) is 1.15. The van der Waals surface area contributed by atoms with Gasteiger partial charge in [-0.2, -0.15) is 8.78 Å². The van der Waals surface area contributed by atoms with Gasteiger partial charge in [0.25, 0.3) is 0 Å². The molecule has 0 amide bonds. The van der Waals surface area contributed by atoms with Gasteiger partial charge in [-0.1, -0.05) is 18.2 Å². The van der Waals surface area contributed by atoms with E-state index in [0.29, 0.717) is 24.8 Å². The highest BCUT2D eigenvalue weighted by Crippen LogP contribution is 2.36. The van der Waals surface area contributed by atoms with Crippen LogP contribution in [0.25, 0.3) is 16.7 Å². The molecule has 2 atom stereocenters. The monoisotopic (exact) mass is 518 g/mol. The average molecular weight is 519 g/mol. The molecule has 1 N–H and O–H groups in total. The van der Waals surface area contributed by atoms with E-state index in [1.165, 1.54) is 37.3 Å². The Morgan fingerprint density at radius 1 is 0.865 bits per heavy atom. The molecule has 0 radical (unpaired) electrons. The normalized spacial score (nSPS) is 16.3. The van der Waals surface area contributed by atoms with Crippen LogP contribution in [-0.2, 0) is 0 Å². The summed E-state index contributed by atoms with van der Waals surface area (Å²) >= 11 is 0. The summed E-state index contributed by atoms with van der Waals surface area (Å²) in [4.78, 5) is 0. The Kier molecular flexibility index (Phi) is 8.17. The van der Waals surface area contributed by atoms with Gasteiger partial charge >= 0.3 is 0 Å². The fourth-order valence-electron chi connectivity index (χ4n) is 4.44. The van der Waals surface area contributed by atoms with E-state index in [1.54, 1.807) is 19.1 Å². The van der Waals surface area contributed by atoms with E-state index < -0.39 is 35.2 Å². The summed E-state index contributed by atoms with van der Waals surface area (Å²) in [6.07, 6.45) is 2.46. The Morgan fingerprint density at radius 3 is 2.19 bits per heavy atom. The quantitative estimate of drug-likeness (QED) is 0.310. The van der Waals surface area contributed by atoms with Crippen LogP contribution in [-0.4, -0.2) is 18.3 Å². The van der Waals surface area contributed by atoms with E-state index in [4.69, 9.17) is 9.47 Å². The molecule has 3 aromatic rings. The van der Waals surface area contributed by atoms with Gasteiger partial charge in [-0.25, -0.2) is 13.2 Å². The lowest BCUT2D eigenvalue weighted by atomic mass is 9.86. The number of hydrogen-bond donors (Lipinski definition) is 1. The zero-order chi connectivity index (χ0) is 26.7. The highest BCUT2D eigenvalue weighted by molar-refractivity contribution is 5.72. The van der Waals surface area contributed by atoms with Gasteiger partial charge in [-0.15, -0.1) is 0 Å². The SMILES string of the molecule is CCOc1ccc(-c2ccc(C3=CCC(COc4ccc(C(C)O)c(F)c4F)CC3)c(F)c2)c(F)c1F. The van der Waals surface area contributed by atoms with Crippen LogP contribution in [0.1, 0.15) is 50.3 Å². The Balaban J connectivity index is 1.43. The minimum atomic E-state index is -1.14. The molecule has 4 rings (SSSR count). The first-order chi connectivity index (χ1) is 17.7. The summed E-state index contributed by atoms with van der Waals surface area (Å²) in [6.45, 7) is 3.35. The van der Waals surface area contributed by atoms with Crippen LogP contribution in [0.4, 0.5) is 22.0 Å². The highest BCUT2D eigenvalue weighted by atomic mass is 19.2. The molecule has 0 saturated carbocycles. The molecular weight excluding hydrogens is 491 g/mol. The van der Waals surface area contributed by atoms with Gasteiger partial charge in [0.15, 0.2) is 23.1 Å². The van der Waals surface area contributed by atoms with Crippen molar-refractivity contribution in [3.8, 4) is 22.6 Å². The summed E-state index contributed by atoms with van der Waals surface area (Å²) in [5.74, 6) is -5.45. The van der Waals surface area contributed by atoms with Crippen LogP contribution in [0.15, 0.2) is 48.5 Å². The molecule has 37 heavy (non-hydrogen) atoms. The fourth-order valence-corrected chi connectivity index (χ4v) is 4.44. The first-order valence-electron chi connectivity index (χ1n) is 12.1. The molecule has 3 nitrogen and oxygen atoms in total. The second kappa shape index (κ2) is 11.3.